The van der Waals surface area contributed by atoms with Gasteiger partial charge in [0.15, 0.2) is 4.34 Å². The molecule has 0 saturated carbocycles. The maximum absolute atomic E-state index is 12.7. The highest BCUT2D eigenvalue weighted by Crippen LogP contribution is 2.29. The summed E-state index contributed by atoms with van der Waals surface area (Å²) < 4.78 is 2.12. The first-order valence-corrected chi connectivity index (χ1v) is 9.75. The third kappa shape index (κ3) is 4.16. The number of hydrogen-bond acceptors (Lipinski definition) is 4. The first-order chi connectivity index (χ1) is 11.6. The van der Waals surface area contributed by atoms with Crippen molar-refractivity contribution < 1.29 is 4.79 Å². The van der Waals surface area contributed by atoms with E-state index in [0.29, 0.717) is 12.3 Å². The molecule has 2 aromatic carbocycles. The molecule has 0 spiro atoms. The molecule has 0 radical (unpaired) electrons. The maximum Gasteiger partial charge on any atom is 0.233 e. The van der Waals surface area contributed by atoms with Gasteiger partial charge in [-0.15, -0.1) is 11.3 Å². The van der Waals surface area contributed by atoms with Gasteiger partial charge in [0.1, 0.15) is 0 Å². The second-order valence-corrected chi connectivity index (χ2v) is 8.09. The minimum atomic E-state index is 0.151. The molecule has 3 nitrogen and oxygen atoms in total. The fourth-order valence-corrected chi connectivity index (χ4v) is 4.41. The quantitative estimate of drug-likeness (QED) is 0.593. The van der Waals surface area contributed by atoms with Crippen molar-refractivity contribution in [2.45, 2.75) is 30.8 Å². The molecule has 5 heteroatoms. The number of amides is 1. The van der Waals surface area contributed by atoms with Crippen LogP contribution >= 0.6 is 23.1 Å². The van der Waals surface area contributed by atoms with Gasteiger partial charge in [0.2, 0.25) is 5.91 Å². The van der Waals surface area contributed by atoms with E-state index in [9.17, 15) is 4.79 Å². The van der Waals surface area contributed by atoms with E-state index < -0.39 is 0 Å². The molecule has 0 fully saturated rings. The highest BCUT2D eigenvalue weighted by Gasteiger charge is 2.18. The van der Waals surface area contributed by atoms with Gasteiger partial charge < -0.3 is 4.90 Å². The first kappa shape index (κ1) is 17.0. The predicted octanol–water partition coefficient (Wildman–Crippen LogP) is 4.83. The van der Waals surface area contributed by atoms with E-state index in [4.69, 9.17) is 0 Å². The van der Waals surface area contributed by atoms with Crippen molar-refractivity contribution in [1.82, 2.24) is 9.88 Å². The number of carbonyl (C=O) groups is 1. The molecule has 0 unspecified atom stereocenters. The van der Waals surface area contributed by atoms with Crippen molar-refractivity contribution in [3.05, 3.63) is 60.2 Å². The number of thioether (sulfide) groups is 1. The summed E-state index contributed by atoms with van der Waals surface area (Å²) in [5.41, 5.74) is 2.16. The Bertz CT molecular complexity index is 781. The van der Waals surface area contributed by atoms with Crippen LogP contribution in [0.1, 0.15) is 19.4 Å². The fourth-order valence-electron chi connectivity index (χ4n) is 2.46. The van der Waals surface area contributed by atoms with Gasteiger partial charge in [0.25, 0.3) is 0 Å². The Kier molecular flexibility index (Phi) is 5.53. The maximum atomic E-state index is 12.7. The largest absolute Gasteiger partial charge is 0.335 e. The molecule has 24 heavy (non-hydrogen) atoms. The number of benzene rings is 2. The zero-order valence-corrected chi connectivity index (χ0v) is 15.4. The number of hydrogen-bond donors (Lipinski definition) is 0. The summed E-state index contributed by atoms with van der Waals surface area (Å²) >= 11 is 3.17. The summed E-state index contributed by atoms with van der Waals surface area (Å²) in [4.78, 5) is 19.2. The van der Waals surface area contributed by atoms with Crippen LogP contribution < -0.4 is 0 Å². The number of carbonyl (C=O) groups excluding carboxylic acids is 1. The van der Waals surface area contributed by atoms with Gasteiger partial charge in [-0.3, -0.25) is 4.79 Å². The van der Waals surface area contributed by atoms with E-state index in [1.54, 1.807) is 11.3 Å². The number of fused-ring (bicyclic) bond motifs is 1. The van der Waals surface area contributed by atoms with Gasteiger partial charge in [0, 0.05) is 12.6 Å². The summed E-state index contributed by atoms with van der Waals surface area (Å²) in [6.07, 6.45) is 0. The topological polar surface area (TPSA) is 33.2 Å². The lowest BCUT2D eigenvalue weighted by Crippen LogP contribution is -2.37. The molecule has 0 N–H and O–H groups in total. The minimum Gasteiger partial charge on any atom is -0.335 e. The zero-order valence-electron chi connectivity index (χ0n) is 13.8. The molecule has 1 aromatic heterocycles. The van der Waals surface area contributed by atoms with Gasteiger partial charge in [-0.05, 0) is 31.5 Å². The zero-order chi connectivity index (χ0) is 16.9. The number of aromatic nitrogens is 1. The monoisotopic (exact) mass is 356 g/mol. The summed E-state index contributed by atoms with van der Waals surface area (Å²) in [6, 6.07) is 18.4. The molecular weight excluding hydrogens is 336 g/mol. The van der Waals surface area contributed by atoms with Crippen molar-refractivity contribution in [3.8, 4) is 0 Å². The fraction of sp³-hybridized carbons (Fsp3) is 0.263. The average molecular weight is 357 g/mol. The van der Waals surface area contributed by atoms with Gasteiger partial charge in [-0.25, -0.2) is 4.98 Å². The van der Waals surface area contributed by atoms with Crippen molar-refractivity contribution >= 4 is 39.2 Å². The molecule has 0 saturated heterocycles. The van der Waals surface area contributed by atoms with E-state index in [1.165, 1.54) is 11.8 Å². The molecule has 0 aliphatic rings. The molecule has 124 valence electrons. The summed E-state index contributed by atoms with van der Waals surface area (Å²) in [6.45, 7) is 4.77. The van der Waals surface area contributed by atoms with E-state index in [0.717, 1.165) is 20.1 Å². The molecular formula is C19H20N2OS2. The van der Waals surface area contributed by atoms with Crippen molar-refractivity contribution in [2.24, 2.45) is 0 Å². The average Bonchev–Trinajstić information content (AvgIpc) is 3.01. The van der Waals surface area contributed by atoms with Crippen molar-refractivity contribution in [2.75, 3.05) is 5.75 Å². The van der Waals surface area contributed by atoms with Crippen molar-refractivity contribution in [3.63, 3.8) is 0 Å². The molecule has 0 bridgehead atoms. The number of thiazole rings is 1. The Morgan fingerprint density at radius 3 is 2.54 bits per heavy atom. The predicted molar refractivity (Wildman–Crippen MR) is 102 cm³/mol. The van der Waals surface area contributed by atoms with E-state index in [1.807, 2.05) is 41.3 Å². The van der Waals surface area contributed by atoms with Crippen LogP contribution in [0.25, 0.3) is 10.2 Å². The summed E-state index contributed by atoms with van der Waals surface area (Å²) in [7, 11) is 0. The molecule has 1 amide bonds. The molecule has 3 aromatic rings. The van der Waals surface area contributed by atoms with Crippen LogP contribution in [0.4, 0.5) is 0 Å². The van der Waals surface area contributed by atoms with Gasteiger partial charge in [-0.2, -0.15) is 0 Å². The first-order valence-electron chi connectivity index (χ1n) is 7.95. The summed E-state index contributed by atoms with van der Waals surface area (Å²) in [5, 5.41) is 0. The van der Waals surface area contributed by atoms with Gasteiger partial charge in [-0.1, -0.05) is 54.2 Å². The summed E-state index contributed by atoms with van der Waals surface area (Å²) in [5.74, 6) is 0.572. The van der Waals surface area contributed by atoms with Crippen LogP contribution in [-0.2, 0) is 11.3 Å². The van der Waals surface area contributed by atoms with Crippen LogP contribution in [0.2, 0.25) is 0 Å². The minimum absolute atomic E-state index is 0.151. The van der Waals surface area contributed by atoms with Crippen LogP contribution in [0.15, 0.2) is 58.9 Å². The van der Waals surface area contributed by atoms with E-state index in [2.05, 4.69) is 37.0 Å². The molecule has 0 aliphatic heterocycles. The van der Waals surface area contributed by atoms with Gasteiger partial charge >= 0.3 is 0 Å². The Labute approximate surface area is 150 Å². The second-order valence-electron chi connectivity index (χ2n) is 5.84. The lowest BCUT2D eigenvalue weighted by Gasteiger charge is -2.26. The molecule has 3 rings (SSSR count). The number of rotatable bonds is 6. The normalized spacial score (nSPS) is 11.1. The highest BCUT2D eigenvalue weighted by atomic mass is 32.2. The van der Waals surface area contributed by atoms with Crippen LogP contribution in [-0.4, -0.2) is 27.6 Å². The van der Waals surface area contributed by atoms with E-state index in [-0.39, 0.29) is 11.9 Å². The molecule has 0 aliphatic carbocycles. The lowest BCUT2D eigenvalue weighted by atomic mass is 10.2. The lowest BCUT2D eigenvalue weighted by molar-refractivity contribution is -0.130. The van der Waals surface area contributed by atoms with Crippen LogP contribution in [0.3, 0.4) is 0 Å². The third-order valence-corrected chi connectivity index (χ3v) is 5.90. The highest BCUT2D eigenvalue weighted by molar-refractivity contribution is 8.01. The van der Waals surface area contributed by atoms with E-state index >= 15 is 0 Å². The Morgan fingerprint density at radius 2 is 1.83 bits per heavy atom. The number of para-hydroxylation sites is 1. The van der Waals surface area contributed by atoms with Crippen LogP contribution in [0, 0.1) is 0 Å². The Hall–Kier alpha value is -1.85. The standard InChI is InChI=1S/C19H20N2OS2/c1-14(2)21(12-15-8-4-3-5-9-15)18(22)13-23-19-20-16-10-6-7-11-17(16)24-19/h3-11,14H,12-13H2,1-2H3. The Morgan fingerprint density at radius 1 is 1.12 bits per heavy atom. The number of nitrogens with zero attached hydrogens (tertiary/aromatic N) is 2. The SMILES string of the molecule is CC(C)N(Cc1ccccc1)C(=O)CSc1nc2ccccc2s1. The van der Waals surface area contributed by atoms with Gasteiger partial charge in [0.05, 0.1) is 16.0 Å². The second kappa shape index (κ2) is 7.81. The molecule has 0 atom stereocenters. The smallest absolute Gasteiger partial charge is 0.233 e. The van der Waals surface area contributed by atoms with Crippen molar-refractivity contribution in [1.29, 1.82) is 0 Å². The third-order valence-electron chi connectivity index (χ3n) is 3.73. The van der Waals surface area contributed by atoms with Crippen LogP contribution in [0.5, 0.6) is 0 Å². The Balaban J connectivity index is 1.65. The molecule has 1 heterocycles.